The van der Waals surface area contributed by atoms with Crippen LogP contribution in [0.4, 0.5) is 30.4 Å². The first-order valence-electron chi connectivity index (χ1n) is 9.17. The Bertz CT molecular complexity index is 1140. The van der Waals surface area contributed by atoms with Crippen molar-refractivity contribution in [3.63, 3.8) is 0 Å². The molecule has 1 saturated heterocycles. The summed E-state index contributed by atoms with van der Waals surface area (Å²) in [6.45, 7) is 0.348. The van der Waals surface area contributed by atoms with Gasteiger partial charge < -0.3 is 10.2 Å². The smallest absolute Gasteiger partial charge is 0.365 e. The molecule has 0 radical (unpaired) electrons. The van der Waals surface area contributed by atoms with Crippen LogP contribution in [0.15, 0.2) is 41.4 Å². The van der Waals surface area contributed by atoms with Gasteiger partial charge in [0.15, 0.2) is 0 Å². The summed E-state index contributed by atoms with van der Waals surface area (Å²) in [6, 6.07) is 5.06. The second-order valence-electron chi connectivity index (χ2n) is 6.99. The van der Waals surface area contributed by atoms with Gasteiger partial charge in [-0.2, -0.15) is 13.2 Å². The Morgan fingerprint density at radius 3 is 2.59 bits per heavy atom. The average Bonchev–Trinajstić information content (AvgIpc) is 2.74. The summed E-state index contributed by atoms with van der Waals surface area (Å²) in [6.07, 6.45) is 2.31. The van der Waals surface area contributed by atoms with Gasteiger partial charge in [0, 0.05) is 25.4 Å². The number of aromatic nitrogens is 1. The van der Waals surface area contributed by atoms with Gasteiger partial charge in [-0.3, -0.25) is 14.9 Å². The van der Waals surface area contributed by atoms with E-state index < -0.39 is 36.8 Å². The van der Waals surface area contributed by atoms with Crippen LogP contribution in [-0.4, -0.2) is 42.8 Å². The molecule has 0 bridgehead atoms. The number of nitro groups is 1. The fourth-order valence-corrected chi connectivity index (χ4v) is 4.20. The van der Waals surface area contributed by atoms with E-state index in [9.17, 15) is 36.5 Å². The van der Waals surface area contributed by atoms with E-state index in [2.05, 4.69) is 10.3 Å². The number of hydrogen-bond donors (Lipinski definition) is 1. The number of amides is 1. The average molecular weight is 493 g/mol. The predicted molar refractivity (Wildman–Crippen MR) is 109 cm³/mol. The normalized spacial score (nSPS) is 17.1. The number of anilines is 2. The van der Waals surface area contributed by atoms with Crippen molar-refractivity contribution in [3.8, 4) is 0 Å². The van der Waals surface area contributed by atoms with Crippen molar-refractivity contribution in [3.05, 3.63) is 51.7 Å². The standard InChI is InChI=1S/C18H16ClF3N4O5S/c19-12-3-6-16(23-9-12)24-17(27)11-2-1-7-25(10-11)14-5-4-13(8-15(14)26(28)29)32(30,31)18(20,21)22/h3-6,8-9,11H,1-2,7,10H2,(H,23,24,27)/t11-/m1/s1. The summed E-state index contributed by atoms with van der Waals surface area (Å²) in [4.78, 5) is 27.3. The van der Waals surface area contributed by atoms with Gasteiger partial charge in [-0.25, -0.2) is 13.4 Å². The number of rotatable bonds is 5. The lowest BCUT2D eigenvalue weighted by molar-refractivity contribution is -0.384. The third kappa shape index (κ3) is 4.93. The second kappa shape index (κ2) is 8.90. The molecule has 2 heterocycles. The first-order valence-corrected chi connectivity index (χ1v) is 11.0. The number of nitrogens with zero attached hydrogens (tertiary/aromatic N) is 3. The van der Waals surface area contributed by atoms with Crippen LogP contribution in [0.5, 0.6) is 0 Å². The highest BCUT2D eigenvalue weighted by Crippen LogP contribution is 2.37. The number of pyridine rings is 1. The van der Waals surface area contributed by atoms with Gasteiger partial charge in [-0.1, -0.05) is 11.6 Å². The van der Waals surface area contributed by atoms with Crippen LogP contribution in [0, 0.1) is 16.0 Å². The lowest BCUT2D eigenvalue weighted by Crippen LogP contribution is -2.41. The summed E-state index contributed by atoms with van der Waals surface area (Å²) in [5.74, 6) is -0.702. The molecule has 14 heteroatoms. The Kier molecular flexibility index (Phi) is 6.60. The second-order valence-corrected chi connectivity index (χ2v) is 9.37. The molecule has 9 nitrogen and oxygen atoms in total. The molecule has 1 aliphatic heterocycles. The molecule has 0 aliphatic carbocycles. The van der Waals surface area contributed by atoms with Crippen molar-refractivity contribution >= 4 is 44.5 Å². The molecule has 1 fully saturated rings. The van der Waals surface area contributed by atoms with E-state index in [1.807, 2.05) is 0 Å². The molecular weight excluding hydrogens is 477 g/mol. The minimum Gasteiger partial charge on any atom is -0.365 e. The molecule has 0 spiro atoms. The van der Waals surface area contributed by atoms with Crippen LogP contribution < -0.4 is 10.2 Å². The molecule has 1 N–H and O–H groups in total. The predicted octanol–water partition coefficient (Wildman–Crippen LogP) is 3.79. The Morgan fingerprint density at radius 1 is 1.28 bits per heavy atom. The van der Waals surface area contributed by atoms with E-state index in [1.165, 1.54) is 23.2 Å². The summed E-state index contributed by atoms with van der Waals surface area (Å²) in [5, 5.41) is 14.5. The molecule has 1 aromatic carbocycles. The highest BCUT2D eigenvalue weighted by molar-refractivity contribution is 7.92. The topological polar surface area (TPSA) is 123 Å². The molecule has 2 aromatic rings. The zero-order valence-electron chi connectivity index (χ0n) is 16.2. The number of sulfone groups is 1. The van der Waals surface area contributed by atoms with Crippen molar-refractivity contribution in [1.82, 2.24) is 4.98 Å². The Hall–Kier alpha value is -2.93. The molecule has 0 saturated carbocycles. The van der Waals surface area contributed by atoms with E-state index in [1.54, 1.807) is 0 Å². The highest BCUT2D eigenvalue weighted by atomic mass is 35.5. The molecule has 0 unspecified atom stereocenters. The fourth-order valence-electron chi connectivity index (χ4n) is 3.31. The number of hydrogen-bond acceptors (Lipinski definition) is 7. The zero-order valence-corrected chi connectivity index (χ0v) is 17.7. The number of alkyl halides is 3. The van der Waals surface area contributed by atoms with E-state index in [-0.39, 0.29) is 24.0 Å². The quantitative estimate of drug-likeness (QED) is 0.497. The summed E-state index contributed by atoms with van der Waals surface area (Å²) in [5.41, 5.74) is -6.46. The van der Waals surface area contributed by atoms with E-state index in [4.69, 9.17) is 11.6 Å². The number of nitrogens with one attached hydrogen (secondary N) is 1. The molecule has 1 aromatic heterocycles. The van der Waals surface area contributed by atoms with Gasteiger partial charge in [0.25, 0.3) is 15.5 Å². The number of halogens is 4. The molecule has 3 rings (SSSR count). The third-order valence-electron chi connectivity index (χ3n) is 4.87. The number of carbonyl (C=O) groups excluding carboxylic acids is 1. The van der Waals surface area contributed by atoms with Gasteiger partial charge in [-0.05, 0) is 37.1 Å². The molecule has 1 aliphatic rings. The van der Waals surface area contributed by atoms with E-state index in [0.717, 1.165) is 6.07 Å². The van der Waals surface area contributed by atoms with Crippen LogP contribution in [0.2, 0.25) is 5.02 Å². The van der Waals surface area contributed by atoms with Gasteiger partial charge in [-0.15, -0.1) is 0 Å². The maximum atomic E-state index is 12.8. The minimum atomic E-state index is -5.75. The van der Waals surface area contributed by atoms with Crippen molar-refractivity contribution < 1.29 is 31.3 Å². The lowest BCUT2D eigenvalue weighted by Gasteiger charge is -2.33. The van der Waals surface area contributed by atoms with Gasteiger partial charge in [0.2, 0.25) is 5.91 Å². The van der Waals surface area contributed by atoms with Gasteiger partial charge in [0.05, 0.1) is 20.8 Å². The first-order chi connectivity index (χ1) is 14.9. The number of nitro benzene ring substituents is 1. The fraction of sp³-hybridized carbons (Fsp3) is 0.333. The van der Waals surface area contributed by atoms with Crippen molar-refractivity contribution in [1.29, 1.82) is 0 Å². The van der Waals surface area contributed by atoms with Crippen LogP contribution in [-0.2, 0) is 14.6 Å². The SMILES string of the molecule is O=C(Nc1ccc(Cl)cn1)[C@@H]1CCCN(c2ccc(S(=O)(=O)C(F)(F)F)cc2[N+](=O)[O-])C1. The monoisotopic (exact) mass is 492 g/mol. The van der Waals surface area contributed by atoms with Crippen LogP contribution in [0.1, 0.15) is 12.8 Å². The Balaban J connectivity index is 1.84. The maximum absolute atomic E-state index is 12.8. The minimum absolute atomic E-state index is 0.0473. The molecule has 172 valence electrons. The van der Waals surface area contributed by atoms with Crippen molar-refractivity contribution in [2.75, 3.05) is 23.3 Å². The summed E-state index contributed by atoms with van der Waals surface area (Å²) >= 11 is 5.75. The van der Waals surface area contributed by atoms with E-state index in [0.29, 0.717) is 36.5 Å². The van der Waals surface area contributed by atoms with E-state index >= 15 is 0 Å². The maximum Gasteiger partial charge on any atom is 0.501 e. The molecule has 1 amide bonds. The number of piperidine rings is 1. The van der Waals surface area contributed by atoms with Crippen molar-refractivity contribution in [2.45, 2.75) is 23.2 Å². The molecule has 1 atom stereocenters. The highest BCUT2D eigenvalue weighted by Gasteiger charge is 2.47. The third-order valence-corrected chi connectivity index (χ3v) is 6.58. The lowest BCUT2D eigenvalue weighted by atomic mass is 9.96. The Labute approximate surface area is 185 Å². The summed E-state index contributed by atoms with van der Waals surface area (Å²) in [7, 11) is -5.75. The van der Waals surface area contributed by atoms with Gasteiger partial charge in [0.1, 0.15) is 11.5 Å². The first kappa shape index (κ1) is 23.7. The van der Waals surface area contributed by atoms with Crippen molar-refractivity contribution in [2.24, 2.45) is 5.92 Å². The van der Waals surface area contributed by atoms with Crippen LogP contribution >= 0.6 is 11.6 Å². The zero-order chi connectivity index (χ0) is 23.7. The number of carbonyl (C=O) groups is 1. The molecular formula is C18H16ClF3N4O5S. The Morgan fingerprint density at radius 2 is 2.00 bits per heavy atom. The molecule has 32 heavy (non-hydrogen) atoms. The summed E-state index contributed by atoms with van der Waals surface area (Å²) < 4.78 is 61.7. The number of benzene rings is 1. The van der Waals surface area contributed by atoms with Gasteiger partial charge >= 0.3 is 5.51 Å². The van der Waals surface area contributed by atoms with Crippen LogP contribution in [0.25, 0.3) is 0 Å². The largest absolute Gasteiger partial charge is 0.501 e. The van der Waals surface area contributed by atoms with Crippen LogP contribution in [0.3, 0.4) is 0 Å².